The second kappa shape index (κ2) is 10.6. The molecule has 6 rings (SSSR count). The number of rotatable bonds is 5. The van der Waals surface area contributed by atoms with Crippen molar-refractivity contribution in [2.75, 3.05) is 7.11 Å². The van der Waals surface area contributed by atoms with Gasteiger partial charge in [-0.1, -0.05) is 23.7 Å². The lowest BCUT2D eigenvalue weighted by atomic mass is 9.72. The van der Waals surface area contributed by atoms with Crippen LogP contribution < -0.4 is 15.5 Å². The standard InChI is InChI=1S/C32H30ClNO6/c1-17-28(32(37)40-21-7-3-4-8-21)29(24-16-39-27-11-10-20(33)15-23(27)31(24)36)30-25(34-17)13-19(14-26(30)35)18-6-5-9-22(12-18)38-2/h5-6,9-12,15-16,19,21,29,34H,3-4,7-8,13-14H2,1-2H3/t19-,29+/m1/s1. The van der Waals surface area contributed by atoms with Gasteiger partial charge in [-0.05, 0) is 80.8 Å². The van der Waals surface area contributed by atoms with E-state index in [9.17, 15) is 14.4 Å². The molecule has 7 nitrogen and oxygen atoms in total. The van der Waals surface area contributed by atoms with E-state index in [-0.39, 0.29) is 40.8 Å². The van der Waals surface area contributed by atoms with E-state index >= 15 is 0 Å². The van der Waals surface area contributed by atoms with Gasteiger partial charge < -0.3 is 19.2 Å². The summed E-state index contributed by atoms with van der Waals surface area (Å²) in [6.45, 7) is 1.79. The first-order valence-corrected chi connectivity index (χ1v) is 14.0. The van der Waals surface area contributed by atoms with Crippen molar-refractivity contribution in [3.8, 4) is 5.75 Å². The molecule has 2 heterocycles. The predicted molar refractivity (Wildman–Crippen MR) is 151 cm³/mol. The number of hydrogen-bond acceptors (Lipinski definition) is 7. The van der Waals surface area contributed by atoms with E-state index in [1.807, 2.05) is 24.3 Å². The summed E-state index contributed by atoms with van der Waals surface area (Å²) in [5.41, 5.74) is 3.21. The molecule has 1 saturated carbocycles. The van der Waals surface area contributed by atoms with Crippen molar-refractivity contribution in [3.05, 3.63) is 97.6 Å². The van der Waals surface area contributed by atoms with Gasteiger partial charge >= 0.3 is 5.97 Å². The van der Waals surface area contributed by atoms with Gasteiger partial charge in [0.25, 0.3) is 0 Å². The number of esters is 1. The molecule has 2 atom stereocenters. The van der Waals surface area contributed by atoms with Crippen LogP contribution >= 0.6 is 11.6 Å². The molecule has 2 aliphatic carbocycles. The van der Waals surface area contributed by atoms with Gasteiger partial charge in [-0.15, -0.1) is 0 Å². The van der Waals surface area contributed by atoms with E-state index in [1.165, 1.54) is 6.26 Å². The first-order chi connectivity index (χ1) is 19.3. The molecule has 0 bridgehead atoms. The average Bonchev–Trinajstić information content (AvgIpc) is 3.45. The number of benzene rings is 2. The molecular formula is C32H30ClNO6. The van der Waals surface area contributed by atoms with E-state index in [0.29, 0.717) is 39.4 Å². The predicted octanol–water partition coefficient (Wildman–Crippen LogP) is 6.30. The third-order valence-electron chi connectivity index (χ3n) is 8.26. The van der Waals surface area contributed by atoms with Gasteiger partial charge in [0.15, 0.2) is 11.2 Å². The highest BCUT2D eigenvalue weighted by Gasteiger charge is 2.43. The molecule has 206 valence electrons. The number of methoxy groups -OCH3 is 1. The van der Waals surface area contributed by atoms with Gasteiger partial charge in [-0.3, -0.25) is 9.59 Å². The normalized spacial score (nSPS) is 21.4. The highest BCUT2D eigenvalue weighted by atomic mass is 35.5. The number of hydrogen-bond donors (Lipinski definition) is 1. The Balaban J connectivity index is 1.47. The number of nitrogens with one attached hydrogen (secondary N) is 1. The number of halogens is 1. The van der Waals surface area contributed by atoms with Crippen molar-refractivity contribution in [3.63, 3.8) is 0 Å². The molecule has 3 aromatic rings. The van der Waals surface area contributed by atoms with Crippen LogP contribution in [0.2, 0.25) is 5.02 Å². The van der Waals surface area contributed by atoms with Gasteiger partial charge in [0.2, 0.25) is 0 Å². The van der Waals surface area contributed by atoms with Gasteiger partial charge in [0.05, 0.1) is 30.3 Å². The SMILES string of the molecule is COc1cccc([C@H]2CC(=O)C3=C(C2)NC(C)=C(C(=O)OC2CCCC2)[C@@H]3c2coc3ccc(Cl)cc3c2=O)c1. The van der Waals surface area contributed by atoms with Gasteiger partial charge in [-0.25, -0.2) is 4.79 Å². The molecule has 8 heteroatoms. The molecule has 0 saturated heterocycles. The van der Waals surface area contributed by atoms with Crippen LogP contribution in [0.3, 0.4) is 0 Å². The first-order valence-electron chi connectivity index (χ1n) is 13.6. The summed E-state index contributed by atoms with van der Waals surface area (Å²) in [6, 6.07) is 12.5. The van der Waals surface area contributed by atoms with Crippen molar-refractivity contribution in [1.82, 2.24) is 5.32 Å². The van der Waals surface area contributed by atoms with E-state index in [2.05, 4.69) is 5.32 Å². The Morgan fingerprint density at radius 2 is 1.88 bits per heavy atom. The lowest BCUT2D eigenvalue weighted by molar-refractivity contribution is -0.144. The van der Waals surface area contributed by atoms with Gasteiger partial charge in [0.1, 0.15) is 17.4 Å². The van der Waals surface area contributed by atoms with Crippen molar-refractivity contribution in [2.45, 2.75) is 63.4 Å². The van der Waals surface area contributed by atoms with Crippen LogP contribution in [0.15, 0.2) is 80.5 Å². The maximum absolute atomic E-state index is 13.9. The van der Waals surface area contributed by atoms with E-state index in [1.54, 1.807) is 32.2 Å². The summed E-state index contributed by atoms with van der Waals surface area (Å²) >= 11 is 6.21. The zero-order valence-corrected chi connectivity index (χ0v) is 23.2. The second-order valence-corrected chi connectivity index (χ2v) is 11.2. The maximum atomic E-state index is 13.9. The molecule has 1 aliphatic heterocycles. The molecule has 1 fully saturated rings. The molecular weight excluding hydrogens is 530 g/mol. The van der Waals surface area contributed by atoms with Crippen molar-refractivity contribution >= 4 is 34.3 Å². The summed E-state index contributed by atoms with van der Waals surface area (Å²) in [5.74, 6) is -0.915. The van der Waals surface area contributed by atoms with Crippen LogP contribution in [0.1, 0.15) is 68.4 Å². The fourth-order valence-electron chi connectivity index (χ4n) is 6.29. The number of carbonyl (C=O) groups is 2. The van der Waals surface area contributed by atoms with Gasteiger partial charge in [0, 0.05) is 34.0 Å². The summed E-state index contributed by atoms with van der Waals surface area (Å²) in [5, 5.41) is 4.04. The Morgan fingerprint density at radius 3 is 2.65 bits per heavy atom. The number of carbonyl (C=O) groups excluding carboxylic acids is 2. The minimum absolute atomic E-state index is 0.0823. The third-order valence-corrected chi connectivity index (χ3v) is 8.50. The van der Waals surface area contributed by atoms with Crippen molar-refractivity contribution < 1.29 is 23.5 Å². The number of fused-ring (bicyclic) bond motifs is 1. The number of allylic oxidation sites excluding steroid dienone is 3. The molecule has 0 unspecified atom stereocenters. The zero-order valence-electron chi connectivity index (χ0n) is 22.4. The average molecular weight is 560 g/mol. The molecule has 0 radical (unpaired) electrons. The minimum atomic E-state index is -0.913. The van der Waals surface area contributed by atoms with Crippen molar-refractivity contribution in [1.29, 1.82) is 0 Å². The van der Waals surface area contributed by atoms with Crippen LogP contribution in [0.25, 0.3) is 11.0 Å². The Kier molecular flexibility index (Phi) is 7.00. The Hall–Kier alpha value is -3.84. The van der Waals surface area contributed by atoms with Crippen LogP contribution in [-0.4, -0.2) is 25.0 Å². The molecule has 0 amide bonds. The summed E-state index contributed by atoms with van der Waals surface area (Å²) < 4.78 is 17.2. The topological polar surface area (TPSA) is 94.8 Å². The summed E-state index contributed by atoms with van der Waals surface area (Å²) in [7, 11) is 1.61. The first kappa shape index (κ1) is 26.4. The lowest BCUT2D eigenvalue weighted by Gasteiger charge is -2.36. The van der Waals surface area contributed by atoms with Crippen LogP contribution in [-0.2, 0) is 14.3 Å². The van der Waals surface area contributed by atoms with Crippen LogP contribution in [0.4, 0.5) is 0 Å². The smallest absolute Gasteiger partial charge is 0.337 e. The lowest BCUT2D eigenvalue weighted by Crippen LogP contribution is -2.38. The molecule has 2 aromatic carbocycles. The van der Waals surface area contributed by atoms with Gasteiger partial charge in [-0.2, -0.15) is 0 Å². The van der Waals surface area contributed by atoms with E-state index in [4.69, 9.17) is 25.5 Å². The third kappa shape index (κ3) is 4.73. The Labute approximate surface area is 236 Å². The van der Waals surface area contributed by atoms with Crippen LogP contribution in [0, 0.1) is 0 Å². The summed E-state index contributed by atoms with van der Waals surface area (Å²) in [4.78, 5) is 41.5. The molecule has 3 aliphatic rings. The number of ketones is 1. The van der Waals surface area contributed by atoms with E-state index in [0.717, 1.165) is 37.0 Å². The molecule has 0 spiro atoms. The van der Waals surface area contributed by atoms with E-state index < -0.39 is 11.9 Å². The number of Topliss-reactive ketones (excluding diaryl/α,β-unsaturated/α-hetero) is 1. The van der Waals surface area contributed by atoms with Crippen molar-refractivity contribution in [2.24, 2.45) is 0 Å². The second-order valence-electron chi connectivity index (χ2n) is 10.8. The molecule has 1 N–H and O–H groups in total. The Morgan fingerprint density at radius 1 is 1.07 bits per heavy atom. The van der Waals surface area contributed by atoms with Crippen LogP contribution in [0.5, 0.6) is 5.75 Å². The minimum Gasteiger partial charge on any atom is -0.497 e. The quantitative estimate of drug-likeness (QED) is 0.366. The largest absolute Gasteiger partial charge is 0.497 e. The fourth-order valence-corrected chi connectivity index (χ4v) is 6.46. The highest BCUT2D eigenvalue weighted by molar-refractivity contribution is 6.31. The maximum Gasteiger partial charge on any atom is 0.337 e. The fraction of sp³-hybridized carbons (Fsp3) is 0.344. The molecule has 40 heavy (non-hydrogen) atoms. The number of dihydropyridines is 1. The number of ether oxygens (including phenoxy) is 2. The zero-order chi connectivity index (χ0) is 28.0. The highest BCUT2D eigenvalue weighted by Crippen LogP contribution is 2.46. The monoisotopic (exact) mass is 559 g/mol. The summed E-state index contributed by atoms with van der Waals surface area (Å²) in [6.07, 6.45) is 5.60. The Bertz CT molecular complexity index is 1640. The molecule has 1 aromatic heterocycles.